The molecular formula is C9H21N3. The Balaban J connectivity index is 2.30. The van der Waals surface area contributed by atoms with Crippen molar-refractivity contribution in [2.24, 2.45) is 5.73 Å². The average molecular weight is 171 g/mol. The highest BCUT2D eigenvalue weighted by Gasteiger charge is 2.23. The molecule has 0 saturated carbocycles. The van der Waals surface area contributed by atoms with Crippen molar-refractivity contribution < 1.29 is 0 Å². The lowest BCUT2D eigenvalue weighted by Crippen LogP contribution is -2.39. The van der Waals surface area contributed by atoms with Gasteiger partial charge in [0, 0.05) is 25.7 Å². The summed E-state index contributed by atoms with van der Waals surface area (Å²) in [6.07, 6.45) is 2.69. The van der Waals surface area contributed by atoms with Gasteiger partial charge in [-0.3, -0.25) is 4.90 Å². The average Bonchev–Trinajstić information content (AvgIpc) is 2.37. The van der Waals surface area contributed by atoms with Gasteiger partial charge in [0.1, 0.15) is 0 Å². The first-order valence-corrected chi connectivity index (χ1v) is 4.83. The molecule has 2 N–H and O–H groups in total. The van der Waals surface area contributed by atoms with Crippen molar-refractivity contribution in [3.63, 3.8) is 0 Å². The van der Waals surface area contributed by atoms with E-state index in [-0.39, 0.29) is 0 Å². The smallest absolute Gasteiger partial charge is 0.0223 e. The molecular weight excluding hydrogens is 150 g/mol. The molecule has 0 aromatic carbocycles. The van der Waals surface area contributed by atoms with Gasteiger partial charge < -0.3 is 10.6 Å². The lowest BCUT2D eigenvalue weighted by Gasteiger charge is -2.26. The maximum absolute atomic E-state index is 5.55. The summed E-state index contributed by atoms with van der Waals surface area (Å²) < 4.78 is 0. The van der Waals surface area contributed by atoms with Gasteiger partial charge in [-0.25, -0.2) is 0 Å². The van der Waals surface area contributed by atoms with Gasteiger partial charge in [0.2, 0.25) is 0 Å². The Morgan fingerprint density at radius 3 is 2.83 bits per heavy atom. The summed E-state index contributed by atoms with van der Waals surface area (Å²) in [5.41, 5.74) is 5.55. The van der Waals surface area contributed by atoms with Crippen LogP contribution in [0, 0.1) is 0 Å². The molecule has 0 radical (unpaired) electrons. The first kappa shape index (κ1) is 9.96. The quantitative estimate of drug-likeness (QED) is 0.645. The van der Waals surface area contributed by atoms with Crippen LogP contribution >= 0.6 is 0 Å². The van der Waals surface area contributed by atoms with Gasteiger partial charge >= 0.3 is 0 Å². The Morgan fingerprint density at radius 1 is 1.50 bits per heavy atom. The Bertz CT molecular complexity index is 125. The van der Waals surface area contributed by atoms with E-state index in [0.717, 1.165) is 19.1 Å². The monoisotopic (exact) mass is 171 g/mol. The van der Waals surface area contributed by atoms with E-state index in [4.69, 9.17) is 5.73 Å². The van der Waals surface area contributed by atoms with Crippen LogP contribution in [0.2, 0.25) is 0 Å². The van der Waals surface area contributed by atoms with Crippen LogP contribution in [-0.4, -0.2) is 56.1 Å². The highest BCUT2D eigenvalue weighted by Crippen LogP contribution is 2.16. The zero-order valence-corrected chi connectivity index (χ0v) is 8.29. The van der Waals surface area contributed by atoms with Gasteiger partial charge in [-0.1, -0.05) is 0 Å². The number of hydrogen-bond acceptors (Lipinski definition) is 3. The molecule has 1 aliphatic rings. The highest BCUT2D eigenvalue weighted by atomic mass is 15.2. The standard InChI is InChI=1S/C9H21N3/c1-11(2)8-9-4-3-6-12(9)7-5-10/h9H,3-8,10H2,1-2H3/t9-/m0/s1. The van der Waals surface area contributed by atoms with Crippen LogP contribution in [0.1, 0.15) is 12.8 Å². The second-order valence-corrected chi connectivity index (χ2v) is 3.88. The summed E-state index contributed by atoms with van der Waals surface area (Å²) in [5.74, 6) is 0. The van der Waals surface area contributed by atoms with Gasteiger partial charge in [-0.05, 0) is 33.5 Å². The molecule has 12 heavy (non-hydrogen) atoms. The zero-order valence-electron chi connectivity index (χ0n) is 8.29. The Kier molecular flexibility index (Phi) is 3.98. The summed E-state index contributed by atoms with van der Waals surface area (Å²) in [6.45, 7) is 4.29. The van der Waals surface area contributed by atoms with Crippen LogP contribution in [0.15, 0.2) is 0 Å². The third-order valence-corrected chi connectivity index (χ3v) is 2.49. The van der Waals surface area contributed by atoms with Gasteiger partial charge in [0.25, 0.3) is 0 Å². The van der Waals surface area contributed by atoms with Crippen LogP contribution in [-0.2, 0) is 0 Å². The molecule has 0 aliphatic carbocycles. The fourth-order valence-corrected chi connectivity index (χ4v) is 1.98. The van der Waals surface area contributed by atoms with Crippen molar-refractivity contribution in [2.75, 3.05) is 40.3 Å². The van der Waals surface area contributed by atoms with Crippen LogP contribution < -0.4 is 5.73 Å². The minimum atomic E-state index is 0.753. The molecule has 0 aromatic heterocycles. The Morgan fingerprint density at radius 2 is 2.25 bits per heavy atom. The third kappa shape index (κ3) is 2.73. The van der Waals surface area contributed by atoms with Crippen LogP contribution in [0.25, 0.3) is 0 Å². The molecule has 1 fully saturated rings. The van der Waals surface area contributed by atoms with Gasteiger partial charge in [0.05, 0.1) is 0 Å². The lowest BCUT2D eigenvalue weighted by atomic mass is 10.2. The third-order valence-electron chi connectivity index (χ3n) is 2.49. The maximum atomic E-state index is 5.55. The number of likely N-dealkylation sites (N-methyl/N-ethyl adjacent to an activating group) is 1. The first-order valence-electron chi connectivity index (χ1n) is 4.83. The van der Waals surface area contributed by atoms with Crippen molar-refractivity contribution in [2.45, 2.75) is 18.9 Å². The number of hydrogen-bond donors (Lipinski definition) is 1. The molecule has 0 spiro atoms. The minimum Gasteiger partial charge on any atom is -0.329 e. The van der Waals surface area contributed by atoms with Crippen molar-refractivity contribution in [3.8, 4) is 0 Å². The number of rotatable bonds is 4. The van der Waals surface area contributed by atoms with E-state index >= 15 is 0 Å². The molecule has 3 heteroatoms. The normalized spacial score (nSPS) is 25.5. The molecule has 1 aliphatic heterocycles. The molecule has 1 atom stereocenters. The number of likely N-dealkylation sites (tertiary alicyclic amines) is 1. The van der Waals surface area contributed by atoms with Gasteiger partial charge in [-0.2, -0.15) is 0 Å². The molecule has 1 rings (SSSR count). The molecule has 3 nitrogen and oxygen atoms in total. The van der Waals surface area contributed by atoms with E-state index in [0.29, 0.717) is 0 Å². The first-order chi connectivity index (χ1) is 5.74. The largest absolute Gasteiger partial charge is 0.329 e. The molecule has 1 heterocycles. The predicted molar refractivity (Wildman–Crippen MR) is 52.2 cm³/mol. The second kappa shape index (κ2) is 4.80. The minimum absolute atomic E-state index is 0.753. The fraction of sp³-hybridized carbons (Fsp3) is 1.00. The SMILES string of the molecule is CN(C)C[C@@H]1CCCN1CCN. The highest BCUT2D eigenvalue weighted by molar-refractivity contribution is 4.80. The maximum Gasteiger partial charge on any atom is 0.0223 e. The summed E-state index contributed by atoms with van der Waals surface area (Å²) in [5, 5.41) is 0. The number of nitrogens with two attached hydrogens (primary N) is 1. The topological polar surface area (TPSA) is 32.5 Å². The molecule has 0 bridgehead atoms. The second-order valence-electron chi connectivity index (χ2n) is 3.88. The molecule has 72 valence electrons. The molecule has 0 unspecified atom stereocenters. The fourth-order valence-electron chi connectivity index (χ4n) is 1.98. The van der Waals surface area contributed by atoms with E-state index in [1.807, 2.05) is 0 Å². The summed E-state index contributed by atoms with van der Waals surface area (Å²) in [6, 6.07) is 0.753. The van der Waals surface area contributed by atoms with E-state index in [9.17, 15) is 0 Å². The predicted octanol–water partition coefficient (Wildman–Crippen LogP) is -0.0289. The number of nitrogens with zero attached hydrogens (tertiary/aromatic N) is 2. The van der Waals surface area contributed by atoms with Crippen LogP contribution in [0.3, 0.4) is 0 Å². The molecule has 1 saturated heterocycles. The zero-order chi connectivity index (χ0) is 8.97. The lowest BCUT2D eigenvalue weighted by molar-refractivity contribution is 0.212. The Hall–Kier alpha value is -0.120. The van der Waals surface area contributed by atoms with Crippen LogP contribution in [0.4, 0.5) is 0 Å². The van der Waals surface area contributed by atoms with Crippen molar-refractivity contribution in [3.05, 3.63) is 0 Å². The van der Waals surface area contributed by atoms with Gasteiger partial charge in [-0.15, -0.1) is 0 Å². The van der Waals surface area contributed by atoms with E-state index in [1.165, 1.54) is 25.9 Å². The summed E-state index contributed by atoms with van der Waals surface area (Å²) in [4.78, 5) is 4.78. The molecule has 0 amide bonds. The van der Waals surface area contributed by atoms with Crippen molar-refractivity contribution in [1.82, 2.24) is 9.80 Å². The van der Waals surface area contributed by atoms with Gasteiger partial charge in [0.15, 0.2) is 0 Å². The summed E-state index contributed by atoms with van der Waals surface area (Å²) >= 11 is 0. The van der Waals surface area contributed by atoms with E-state index < -0.39 is 0 Å². The van der Waals surface area contributed by atoms with Crippen molar-refractivity contribution in [1.29, 1.82) is 0 Å². The Labute approximate surface area is 75.5 Å². The van der Waals surface area contributed by atoms with E-state index in [2.05, 4.69) is 23.9 Å². The van der Waals surface area contributed by atoms with E-state index in [1.54, 1.807) is 0 Å². The van der Waals surface area contributed by atoms with Crippen molar-refractivity contribution >= 4 is 0 Å². The molecule has 0 aromatic rings. The van der Waals surface area contributed by atoms with Crippen LogP contribution in [0.5, 0.6) is 0 Å². The summed E-state index contributed by atoms with van der Waals surface area (Å²) in [7, 11) is 4.28.